The molecule has 0 fully saturated rings. The molecule has 0 radical (unpaired) electrons. The fraction of sp³-hybridized carbons (Fsp3) is 0.872. The Bertz CT molecular complexity index is 857. The number of nitrogens with two attached hydrogens (primary N) is 1. The van der Waals surface area contributed by atoms with E-state index in [0.717, 1.165) is 51.4 Å². The van der Waals surface area contributed by atoms with E-state index < -0.39 is 26.3 Å². The van der Waals surface area contributed by atoms with Crippen molar-refractivity contribution >= 4 is 25.0 Å². The number of unbranched alkanes of at least 4 members (excludes halogenated alkanes) is 22. The van der Waals surface area contributed by atoms with Gasteiger partial charge in [0, 0.05) is 6.54 Å². The highest BCUT2D eigenvalue weighted by Gasteiger charge is 2.31. The molecule has 0 rings (SSSR count). The standard InChI is InChI=1S/C39H78N3O5PS/c1-3-5-7-9-11-13-15-17-19-21-23-25-27-29-31-33-37(43)42-39(40,36-47-48(44,45)46)35-41-38(49)34-32-30-28-26-24-22-20-18-16-14-12-10-8-6-4-2/h17-20,37,42-43H,3-16,21-36,40H2,1-2H3,(H,41,49)(H2,44,45,46)/b19-17-,20-18-/t37?,39-/m1/s1. The molecule has 0 spiro atoms. The smallest absolute Gasteiger partial charge is 0.379 e. The summed E-state index contributed by atoms with van der Waals surface area (Å²) in [7, 11) is -4.72. The van der Waals surface area contributed by atoms with Crippen LogP contribution in [0.5, 0.6) is 0 Å². The molecule has 0 saturated carbocycles. The fourth-order valence-corrected chi connectivity index (χ4v) is 6.47. The number of aliphatic hydroxyl groups excluding tert-OH is 1. The quantitative estimate of drug-likeness (QED) is 0.0121. The third-order valence-corrected chi connectivity index (χ3v) is 9.76. The summed E-state index contributed by atoms with van der Waals surface area (Å²) in [5, 5.41) is 16.7. The van der Waals surface area contributed by atoms with Crippen molar-refractivity contribution in [2.24, 2.45) is 5.73 Å². The van der Waals surface area contributed by atoms with Crippen LogP contribution in [-0.4, -0.2) is 44.9 Å². The molecule has 8 nitrogen and oxygen atoms in total. The zero-order chi connectivity index (χ0) is 36.3. The molecule has 10 heteroatoms. The van der Waals surface area contributed by atoms with Gasteiger partial charge in [0.05, 0.1) is 11.6 Å². The van der Waals surface area contributed by atoms with Crippen molar-refractivity contribution in [3.63, 3.8) is 0 Å². The van der Waals surface area contributed by atoms with Gasteiger partial charge >= 0.3 is 7.82 Å². The lowest BCUT2D eigenvalue weighted by Gasteiger charge is -2.33. The van der Waals surface area contributed by atoms with E-state index in [1.165, 1.54) is 122 Å². The van der Waals surface area contributed by atoms with Crippen molar-refractivity contribution in [2.45, 2.75) is 206 Å². The minimum Gasteiger partial charge on any atom is -0.379 e. The van der Waals surface area contributed by atoms with E-state index in [-0.39, 0.29) is 6.54 Å². The largest absolute Gasteiger partial charge is 0.469 e. The van der Waals surface area contributed by atoms with Crippen LogP contribution in [0.2, 0.25) is 0 Å². The molecule has 0 aliphatic heterocycles. The first-order valence-corrected chi connectivity index (χ1v) is 22.1. The van der Waals surface area contributed by atoms with Gasteiger partial charge < -0.3 is 25.9 Å². The summed E-state index contributed by atoms with van der Waals surface area (Å²) in [6, 6.07) is 0. The average Bonchev–Trinajstić information content (AvgIpc) is 3.06. The van der Waals surface area contributed by atoms with Crippen LogP contribution >= 0.6 is 20.0 Å². The highest BCUT2D eigenvalue weighted by molar-refractivity contribution is 7.80. The first kappa shape index (κ1) is 48.4. The minimum absolute atomic E-state index is 0.0837. The molecule has 1 unspecified atom stereocenters. The Hall–Kier alpha value is -0.640. The van der Waals surface area contributed by atoms with Gasteiger partial charge in [-0.05, 0) is 77.0 Å². The summed E-state index contributed by atoms with van der Waals surface area (Å²) in [4.78, 5) is 19.1. The fourth-order valence-electron chi connectivity index (χ4n) is 5.86. The lowest BCUT2D eigenvalue weighted by molar-refractivity contribution is 0.0525. The van der Waals surface area contributed by atoms with E-state index in [1.807, 2.05) is 0 Å². The molecule has 290 valence electrons. The van der Waals surface area contributed by atoms with Gasteiger partial charge in [0.1, 0.15) is 11.9 Å². The van der Waals surface area contributed by atoms with E-state index in [2.05, 4.69) is 48.8 Å². The van der Waals surface area contributed by atoms with Crippen LogP contribution in [0.3, 0.4) is 0 Å². The molecule has 0 saturated heterocycles. The number of phosphoric acid groups is 1. The van der Waals surface area contributed by atoms with Crippen molar-refractivity contribution in [3.8, 4) is 0 Å². The maximum Gasteiger partial charge on any atom is 0.469 e. The van der Waals surface area contributed by atoms with Gasteiger partial charge in [-0.15, -0.1) is 0 Å². The van der Waals surface area contributed by atoms with Crippen LogP contribution in [0, 0.1) is 0 Å². The zero-order valence-corrected chi connectivity index (χ0v) is 33.4. The first-order chi connectivity index (χ1) is 23.6. The summed E-state index contributed by atoms with van der Waals surface area (Å²) in [6.07, 6.45) is 41.4. The van der Waals surface area contributed by atoms with Crippen molar-refractivity contribution in [2.75, 3.05) is 13.2 Å². The van der Waals surface area contributed by atoms with Crippen molar-refractivity contribution in [1.29, 1.82) is 0 Å². The van der Waals surface area contributed by atoms with Gasteiger partial charge in [-0.25, -0.2) is 4.57 Å². The first-order valence-electron chi connectivity index (χ1n) is 20.1. The van der Waals surface area contributed by atoms with Gasteiger partial charge in [0.25, 0.3) is 0 Å². The molecule has 0 heterocycles. The Labute approximate surface area is 307 Å². The van der Waals surface area contributed by atoms with Crippen molar-refractivity contribution < 1.29 is 24.0 Å². The molecule has 0 aromatic rings. The maximum absolute atomic E-state index is 11.4. The minimum atomic E-state index is -4.72. The Morgan fingerprint density at radius 2 is 1.08 bits per heavy atom. The topological polar surface area (TPSA) is 137 Å². The second-order valence-corrected chi connectivity index (χ2v) is 15.8. The Morgan fingerprint density at radius 3 is 1.51 bits per heavy atom. The predicted octanol–water partition coefficient (Wildman–Crippen LogP) is 10.7. The second-order valence-electron chi connectivity index (χ2n) is 14.1. The summed E-state index contributed by atoms with van der Waals surface area (Å²) >= 11 is 5.50. The van der Waals surface area contributed by atoms with E-state index in [0.29, 0.717) is 11.4 Å². The number of allylic oxidation sites excluding steroid dienone is 4. The number of hydrogen-bond acceptors (Lipinski definition) is 6. The van der Waals surface area contributed by atoms with Gasteiger partial charge in [0.15, 0.2) is 0 Å². The summed E-state index contributed by atoms with van der Waals surface area (Å²) in [6.45, 7) is 4.12. The average molecular weight is 732 g/mol. The van der Waals surface area contributed by atoms with E-state index in [1.54, 1.807) is 0 Å². The molecule has 49 heavy (non-hydrogen) atoms. The second kappa shape index (κ2) is 34.4. The Balaban J connectivity index is 4.10. The lowest BCUT2D eigenvalue weighted by Crippen LogP contribution is -2.65. The summed E-state index contributed by atoms with van der Waals surface area (Å²) in [5.74, 6) is 0. The molecular formula is C39H78N3O5PS. The third kappa shape index (κ3) is 36.9. The Kier molecular flexibility index (Phi) is 34.0. The SMILES string of the molecule is CCCCCCCC/C=C\CCCCCCCC(=S)NC[C@](N)(COP(=O)(O)O)NC(O)CCCCCCC/C=C\CCCCCCCC. The summed E-state index contributed by atoms with van der Waals surface area (Å²) in [5.41, 5.74) is 5.03. The van der Waals surface area contributed by atoms with Crippen LogP contribution in [0.1, 0.15) is 194 Å². The van der Waals surface area contributed by atoms with Crippen molar-refractivity contribution in [1.82, 2.24) is 10.6 Å². The highest BCUT2D eigenvalue weighted by Crippen LogP contribution is 2.36. The number of rotatable bonds is 37. The zero-order valence-electron chi connectivity index (χ0n) is 31.7. The molecule has 0 aromatic heterocycles. The van der Waals surface area contributed by atoms with Gasteiger partial charge in [-0.1, -0.05) is 153 Å². The molecule has 2 atom stereocenters. The van der Waals surface area contributed by atoms with Gasteiger partial charge in [0.2, 0.25) is 0 Å². The monoisotopic (exact) mass is 732 g/mol. The number of nitrogens with one attached hydrogen (secondary N) is 2. The molecule has 0 bridgehead atoms. The normalized spacial score (nSPS) is 14.2. The molecule has 7 N–H and O–H groups in total. The van der Waals surface area contributed by atoms with Crippen molar-refractivity contribution in [3.05, 3.63) is 24.3 Å². The maximum atomic E-state index is 11.4. The molecule has 0 aliphatic carbocycles. The van der Waals surface area contributed by atoms with E-state index >= 15 is 0 Å². The molecule has 0 aromatic carbocycles. The van der Waals surface area contributed by atoms with Crippen LogP contribution in [0.25, 0.3) is 0 Å². The summed E-state index contributed by atoms with van der Waals surface area (Å²) < 4.78 is 16.1. The van der Waals surface area contributed by atoms with Gasteiger partial charge in [-0.3, -0.25) is 9.84 Å². The van der Waals surface area contributed by atoms with Crippen LogP contribution < -0.4 is 16.4 Å². The highest BCUT2D eigenvalue weighted by atomic mass is 32.1. The Morgan fingerprint density at radius 1 is 0.694 bits per heavy atom. The lowest BCUT2D eigenvalue weighted by atomic mass is 10.1. The van der Waals surface area contributed by atoms with E-state index in [9.17, 15) is 19.5 Å². The van der Waals surface area contributed by atoms with Crippen LogP contribution in [0.4, 0.5) is 0 Å². The molecule has 0 aliphatic rings. The molecular weight excluding hydrogens is 653 g/mol. The predicted molar refractivity (Wildman–Crippen MR) is 214 cm³/mol. The van der Waals surface area contributed by atoms with Crippen LogP contribution in [-0.2, 0) is 9.09 Å². The van der Waals surface area contributed by atoms with Gasteiger partial charge in [-0.2, -0.15) is 0 Å². The third-order valence-electron chi connectivity index (χ3n) is 8.95. The van der Waals surface area contributed by atoms with Crippen LogP contribution in [0.15, 0.2) is 24.3 Å². The number of hydrogen-bond donors (Lipinski definition) is 6. The number of phosphoric ester groups is 1. The van der Waals surface area contributed by atoms with E-state index in [4.69, 9.17) is 22.5 Å². The molecule has 0 amide bonds. The number of aliphatic hydroxyl groups is 1. The number of thiocarbonyl (C=S) groups is 1.